The molecule has 0 bridgehead atoms. The Morgan fingerprint density at radius 2 is 2.06 bits per heavy atom. The summed E-state index contributed by atoms with van der Waals surface area (Å²) < 4.78 is 10.9. The summed E-state index contributed by atoms with van der Waals surface area (Å²) in [5, 5.41) is 3.40. The number of aromatic nitrogens is 2. The highest BCUT2D eigenvalue weighted by atomic mass is 16.5. The van der Waals surface area contributed by atoms with Gasteiger partial charge in [-0.1, -0.05) is 0 Å². The van der Waals surface area contributed by atoms with Gasteiger partial charge in [0.2, 0.25) is 5.88 Å². The lowest BCUT2D eigenvalue weighted by atomic mass is 9.89. The first kappa shape index (κ1) is 13.1. The largest absolute Gasteiger partial charge is 0.478 e. The molecule has 0 aromatic carbocycles. The number of anilines is 1. The van der Waals surface area contributed by atoms with E-state index >= 15 is 0 Å². The van der Waals surface area contributed by atoms with Crippen molar-refractivity contribution in [1.29, 1.82) is 0 Å². The number of ether oxygens (including phenoxy) is 2. The Hall–Kier alpha value is -1.36. The predicted molar refractivity (Wildman–Crippen MR) is 70.0 cm³/mol. The summed E-state index contributed by atoms with van der Waals surface area (Å²) in [5.41, 5.74) is 0. The monoisotopic (exact) mass is 251 g/mol. The Morgan fingerprint density at radius 1 is 1.28 bits per heavy atom. The number of nitrogens with zero attached hydrogens (tertiary/aromatic N) is 2. The summed E-state index contributed by atoms with van der Waals surface area (Å²) in [6, 6.07) is 2.30. The van der Waals surface area contributed by atoms with Crippen LogP contribution in [0.4, 0.5) is 5.82 Å². The number of nitrogens with one attached hydrogen (secondary N) is 1. The van der Waals surface area contributed by atoms with Crippen molar-refractivity contribution >= 4 is 5.82 Å². The van der Waals surface area contributed by atoms with E-state index in [1.807, 2.05) is 26.8 Å². The van der Waals surface area contributed by atoms with E-state index in [1.54, 1.807) is 0 Å². The van der Waals surface area contributed by atoms with Crippen molar-refractivity contribution in [2.75, 3.05) is 18.5 Å². The number of hydrogen-bond donors (Lipinski definition) is 1. The minimum atomic E-state index is 0.404. The molecule has 1 aliphatic carbocycles. The lowest BCUT2D eigenvalue weighted by molar-refractivity contribution is 0.00292. The molecule has 1 aromatic rings. The fraction of sp³-hybridized carbons (Fsp3) is 0.692. The molecule has 5 heteroatoms. The summed E-state index contributed by atoms with van der Waals surface area (Å²) in [7, 11) is 0. The van der Waals surface area contributed by atoms with Gasteiger partial charge >= 0.3 is 0 Å². The summed E-state index contributed by atoms with van der Waals surface area (Å²) in [4.78, 5) is 8.59. The molecule has 1 aliphatic rings. The minimum absolute atomic E-state index is 0.404. The first-order chi connectivity index (χ1) is 8.71. The van der Waals surface area contributed by atoms with Gasteiger partial charge in [-0.05, 0) is 33.6 Å². The van der Waals surface area contributed by atoms with E-state index in [9.17, 15) is 0 Å². The van der Waals surface area contributed by atoms with Gasteiger partial charge in [0.15, 0.2) is 0 Å². The summed E-state index contributed by atoms with van der Waals surface area (Å²) in [6.45, 7) is 7.26. The molecule has 0 atom stereocenters. The molecule has 1 saturated carbocycles. The summed E-state index contributed by atoms with van der Waals surface area (Å²) >= 11 is 0. The van der Waals surface area contributed by atoms with Crippen molar-refractivity contribution in [3.05, 3.63) is 11.9 Å². The second-order valence-electron chi connectivity index (χ2n) is 4.46. The Balaban J connectivity index is 1.90. The maximum Gasteiger partial charge on any atom is 0.218 e. The van der Waals surface area contributed by atoms with E-state index in [0.29, 0.717) is 24.6 Å². The highest BCUT2D eigenvalue weighted by Crippen LogP contribution is 2.27. The van der Waals surface area contributed by atoms with Gasteiger partial charge in [-0.3, -0.25) is 0 Å². The number of hydrogen-bond acceptors (Lipinski definition) is 5. The molecule has 1 aromatic heterocycles. The molecule has 0 spiro atoms. The second-order valence-corrected chi connectivity index (χ2v) is 4.46. The van der Waals surface area contributed by atoms with Gasteiger partial charge in [0.05, 0.1) is 12.7 Å². The van der Waals surface area contributed by atoms with E-state index in [-0.39, 0.29) is 0 Å². The van der Waals surface area contributed by atoms with Crippen molar-refractivity contribution < 1.29 is 9.47 Å². The van der Waals surface area contributed by atoms with Gasteiger partial charge in [0, 0.05) is 18.7 Å². The van der Waals surface area contributed by atoms with Crippen molar-refractivity contribution in [1.82, 2.24) is 9.97 Å². The lowest BCUT2D eigenvalue weighted by Gasteiger charge is -2.35. The molecular formula is C13H21N3O2. The van der Waals surface area contributed by atoms with Crippen LogP contribution in [0.3, 0.4) is 0 Å². The normalized spacial score (nSPS) is 22.4. The van der Waals surface area contributed by atoms with Gasteiger partial charge in [-0.15, -0.1) is 0 Å². The SMILES string of the molecule is CCOc1cc(NC2CC(OCC)C2)nc(C)n1. The van der Waals surface area contributed by atoms with Crippen molar-refractivity contribution in [2.24, 2.45) is 0 Å². The van der Waals surface area contributed by atoms with Crippen LogP contribution in [-0.4, -0.2) is 35.3 Å². The minimum Gasteiger partial charge on any atom is -0.478 e. The van der Waals surface area contributed by atoms with Crippen LogP contribution in [-0.2, 0) is 4.74 Å². The lowest BCUT2D eigenvalue weighted by Crippen LogP contribution is -2.41. The summed E-state index contributed by atoms with van der Waals surface area (Å²) in [6.07, 6.45) is 2.49. The van der Waals surface area contributed by atoms with Gasteiger partial charge in [0.1, 0.15) is 11.6 Å². The highest BCUT2D eigenvalue weighted by Gasteiger charge is 2.29. The molecular weight excluding hydrogens is 230 g/mol. The molecule has 0 amide bonds. The summed E-state index contributed by atoms with van der Waals surface area (Å²) in [5.74, 6) is 2.20. The zero-order chi connectivity index (χ0) is 13.0. The van der Waals surface area contributed by atoms with Crippen LogP contribution in [0.15, 0.2) is 6.07 Å². The molecule has 18 heavy (non-hydrogen) atoms. The maximum absolute atomic E-state index is 5.53. The van der Waals surface area contributed by atoms with Crippen molar-refractivity contribution in [2.45, 2.75) is 45.8 Å². The van der Waals surface area contributed by atoms with E-state index in [4.69, 9.17) is 9.47 Å². The fourth-order valence-electron chi connectivity index (χ4n) is 2.10. The van der Waals surface area contributed by atoms with E-state index in [0.717, 1.165) is 31.1 Å². The van der Waals surface area contributed by atoms with Crippen LogP contribution in [0.1, 0.15) is 32.5 Å². The average Bonchev–Trinajstić information content (AvgIpc) is 2.26. The average molecular weight is 251 g/mol. The molecule has 1 heterocycles. The topological polar surface area (TPSA) is 56.3 Å². The van der Waals surface area contributed by atoms with Crippen molar-refractivity contribution in [3.8, 4) is 5.88 Å². The molecule has 100 valence electrons. The highest BCUT2D eigenvalue weighted by molar-refractivity contribution is 5.40. The fourth-order valence-corrected chi connectivity index (χ4v) is 2.10. The van der Waals surface area contributed by atoms with Crippen LogP contribution in [0, 0.1) is 6.92 Å². The van der Waals surface area contributed by atoms with Gasteiger partial charge in [0.25, 0.3) is 0 Å². The van der Waals surface area contributed by atoms with Gasteiger partial charge in [-0.25, -0.2) is 4.98 Å². The van der Waals surface area contributed by atoms with Crippen molar-refractivity contribution in [3.63, 3.8) is 0 Å². The van der Waals surface area contributed by atoms with Crippen LogP contribution in [0.5, 0.6) is 5.88 Å². The molecule has 0 unspecified atom stereocenters. The molecule has 1 N–H and O–H groups in total. The smallest absolute Gasteiger partial charge is 0.218 e. The van der Waals surface area contributed by atoms with Gasteiger partial charge in [-0.2, -0.15) is 4.98 Å². The van der Waals surface area contributed by atoms with Crippen LogP contribution in [0.2, 0.25) is 0 Å². The van der Waals surface area contributed by atoms with E-state index < -0.39 is 0 Å². The molecule has 0 aliphatic heterocycles. The van der Waals surface area contributed by atoms with Gasteiger partial charge < -0.3 is 14.8 Å². The standard InChI is InChI=1S/C13H21N3O2/c1-4-17-11-6-10(7-11)16-12-8-13(18-5-2)15-9(3)14-12/h8,10-11H,4-7H2,1-3H3,(H,14,15,16). The Bertz CT molecular complexity index is 392. The molecule has 0 saturated heterocycles. The molecule has 1 fully saturated rings. The third kappa shape index (κ3) is 3.32. The van der Waals surface area contributed by atoms with Crippen LogP contribution < -0.4 is 10.1 Å². The Morgan fingerprint density at radius 3 is 2.72 bits per heavy atom. The quantitative estimate of drug-likeness (QED) is 0.839. The van der Waals surface area contributed by atoms with E-state index in [2.05, 4.69) is 15.3 Å². The molecule has 2 rings (SSSR count). The number of aryl methyl sites for hydroxylation is 1. The Labute approximate surface area is 108 Å². The first-order valence-electron chi connectivity index (χ1n) is 6.57. The second kappa shape index (κ2) is 6.00. The third-order valence-electron chi connectivity index (χ3n) is 2.96. The predicted octanol–water partition coefficient (Wildman–Crippen LogP) is 2.16. The maximum atomic E-state index is 5.53. The van der Waals surface area contributed by atoms with Crippen LogP contribution in [0.25, 0.3) is 0 Å². The number of rotatable bonds is 6. The molecule has 0 radical (unpaired) electrons. The third-order valence-corrected chi connectivity index (χ3v) is 2.96. The molecule has 5 nitrogen and oxygen atoms in total. The zero-order valence-electron chi connectivity index (χ0n) is 11.3. The Kier molecular flexibility index (Phi) is 4.36. The zero-order valence-corrected chi connectivity index (χ0v) is 11.3. The first-order valence-corrected chi connectivity index (χ1v) is 6.57. The van der Waals surface area contributed by atoms with E-state index in [1.165, 1.54) is 0 Å². The van der Waals surface area contributed by atoms with Crippen LogP contribution >= 0.6 is 0 Å².